The first-order chi connectivity index (χ1) is 11.8. The molecule has 1 aromatic carbocycles. The summed E-state index contributed by atoms with van der Waals surface area (Å²) < 4.78 is 27.3. The van der Waals surface area contributed by atoms with Gasteiger partial charge in [0.15, 0.2) is 0 Å². The Morgan fingerprint density at radius 2 is 1.92 bits per heavy atom. The second-order valence-electron chi connectivity index (χ2n) is 6.80. The van der Waals surface area contributed by atoms with Crippen LogP contribution in [0.3, 0.4) is 0 Å². The van der Waals surface area contributed by atoms with Gasteiger partial charge < -0.3 is 4.90 Å². The molecule has 1 aliphatic carbocycles. The first kappa shape index (κ1) is 20.2. The number of amides is 1. The van der Waals surface area contributed by atoms with Crippen molar-refractivity contribution in [2.45, 2.75) is 69.9 Å². The van der Waals surface area contributed by atoms with E-state index in [1.165, 1.54) is 24.6 Å². The lowest BCUT2D eigenvalue weighted by Crippen LogP contribution is -2.41. The Hall–Kier alpha value is -1.11. The van der Waals surface area contributed by atoms with Crippen LogP contribution < -0.4 is 4.72 Å². The molecule has 1 N–H and O–H groups in total. The van der Waals surface area contributed by atoms with Gasteiger partial charge in [-0.1, -0.05) is 30.9 Å². The van der Waals surface area contributed by atoms with Crippen LogP contribution in [0.4, 0.5) is 0 Å². The summed E-state index contributed by atoms with van der Waals surface area (Å²) in [6, 6.07) is 4.28. The molecule has 0 spiro atoms. The molecule has 2 rings (SSSR count). The van der Waals surface area contributed by atoms with Gasteiger partial charge in [0.2, 0.25) is 10.0 Å². The minimum atomic E-state index is -3.67. The van der Waals surface area contributed by atoms with E-state index in [4.69, 9.17) is 11.6 Å². The highest BCUT2D eigenvalue weighted by Crippen LogP contribution is 2.27. The van der Waals surface area contributed by atoms with E-state index in [0.29, 0.717) is 6.54 Å². The van der Waals surface area contributed by atoms with Crippen LogP contribution in [0.5, 0.6) is 0 Å². The number of halogens is 1. The number of carbonyl (C=O) groups excluding carboxylic acids is 1. The van der Waals surface area contributed by atoms with Crippen molar-refractivity contribution in [3.8, 4) is 0 Å². The Balaban J connectivity index is 2.33. The third-order valence-corrected chi connectivity index (χ3v) is 6.47. The van der Waals surface area contributed by atoms with Crippen molar-refractivity contribution in [2.24, 2.45) is 0 Å². The molecule has 1 saturated carbocycles. The maximum absolute atomic E-state index is 13.0. The Kier molecular flexibility index (Phi) is 6.88. The third kappa shape index (κ3) is 4.96. The predicted molar refractivity (Wildman–Crippen MR) is 100 cm³/mol. The highest BCUT2D eigenvalue weighted by Gasteiger charge is 2.27. The van der Waals surface area contributed by atoms with Gasteiger partial charge >= 0.3 is 0 Å². The first-order valence-corrected chi connectivity index (χ1v) is 10.7. The molecular formula is C18H27ClN2O3S. The number of nitrogens with one attached hydrogen (secondary N) is 1. The quantitative estimate of drug-likeness (QED) is 0.808. The van der Waals surface area contributed by atoms with Gasteiger partial charge in [-0.25, -0.2) is 13.1 Å². The Labute approximate surface area is 155 Å². The van der Waals surface area contributed by atoms with Crippen LogP contribution in [0.2, 0.25) is 5.02 Å². The van der Waals surface area contributed by atoms with Gasteiger partial charge in [0, 0.05) is 18.6 Å². The van der Waals surface area contributed by atoms with Crippen molar-refractivity contribution in [1.29, 1.82) is 0 Å². The monoisotopic (exact) mass is 386 g/mol. The van der Waals surface area contributed by atoms with Gasteiger partial charge in [-0.15, -0.1) is 0 Å². The third-order valence-electron chi connectivity index (χ3n) is 4.49. The number of benzene rings is 1. The number of rotatable bonds is 6. The SMILES string of the molecule is CCN(C(=O)c1cc(S(=O)(=O)NC(C)C)ccc1Cl)C1CCCCC1. The molecule has 0 saturated heterocycles. The predicted octanol–water partition coefficient (Wildman–Crippen LogP) is 3.82. The molecule has 0 aromatic heterocycles. The number of sulfonamides is 1. The molecule has 0 atom stereocenters. The Morgan fingerprint density at radius 1 is 1.28 bits per heavy atom. The van der Waals surface area contributed by atoms with Crippen molar-refractivity contribution >= 4 is 27.5 Å². The molecule has 0 heterocycles. The summed E-state index contributed by atoms with van der Waals surface area (Å²) in [6.07, 6.45) is 5.43. The van der Waals surface area contributed by atoms with E-state index in [1.54, 1.807) is 13.8 Å². The Morgan fingerprint density at radius 3 is 2.48 bits per heavy atom. The van der Waals surface area contributed by atoms with Crippen LogP contribution in [0, 0.1) is 0 Å². The van der Waals surface area contributed by atoms with Gasteiger partial charge in [-0.05, 0) is 51.8 Å². The molecule has 0 radical (unpaired) electrons. The van der Waals surface area contributed by atoms with E-state index in [0.717, 1.165) is 25.7 Å². The molecule has 0 aliphatic heterocycles. The van der Waals surface area contributed by atoms with Crippen LogP contribution >= 0.6 is 11.6 Å². The fourth-order valence-corrected chi connectivity index (χ4v) is 4.80. The van der Waals surface area contributed by atoms with E-state index < -0.39 is 10.0 Å². The molecule has 0 unspecified atom stereocenters. The fourth-order valence-electron chi connectivity index (χ4n) is 3.33. The summed E-state index contributed by atoms with van der Waals surface area (Å²) >= 11 is 6.22. The minimum absolute atomic E-state index is 0.0636. The van der Waals surface area contributed by atoms with E-state index >= 15 is 0 Å². The van der Waals surface area contributed by atoms with Gasteiger partial charge in [0.25, 0.3) is 5.91 Å². The van der Waals surface area contributed by atoms with Gasteiger partial charge in [0.05, 0.1) is 15.5 Å². The topological polar surface area (TPSA) is 66.5 Å². The van der Waals surface area contributed by atoms with Crippen LogP contribution in [-0.2, 0) is 10.0 Å². The van der Waals surface area contributed by atoms with Gasteiger partial charge in [-0.2, -0.15) is 0 Å². The molecule has 1 aromatic rings. The number of nitrogens with zero attached hydrogens (tertiary/aromatic N) is 1. The maximum Gasteiger partial charge on any atom is 0.255 e. The average molecular weight is 387 g/mol. The zero-order valence-electron chi connectivity index (χ0n) is 15.1. The van der Waals surface area contributed by atoms with E-state index in [1.807, 2.05) is 11.8 Å². The van der Waals surface area contributed by atoms with Crippen molar-refractivity contribution in [3.63, 3.8) is 0 Å². The molecule has 1 aliphatic rings. The summed E-state index contributed by atoms with van der Waals surface area (Å²) in [5.74, 6) is -0.194. The minimum Gasteiger partial charge on any atom is -0.336 e. The lowest BCUT2D eigenvalue weighted by molar-refractivity contribution is 0.0648. The van der Waals surface area contributed by atoms with E-state index in [-0.39, 0.29) is 33.5 Å². The summed E-state index contributed by atoms with van der Waals surface area (Å²) in [4.78, 5) is 14.9. The number of hydrogen-bond donors (Lipinski definition) is 1. The maximum atomic E-state index is 13.0. The second-order valence-corrected chi connectivity index (χ2v) is 8.92. The lowest BCUT2D eigenvalue weighted by atomic mass is 9.93. The van der Waals surface area contributed by atoms with Crippen LogP contribution in [0.25, 0.3) is 0 Å². The number of hydrogen-bond acceptors (Lipinski definition) is 3. The molecule has 5 nitrogen and oxygen atoms in total. The van der Waals surface area contributed by atoms with Crippen LogP contribution in [-0.4, -0.2) is 37.9 Å². The summed E-state index contributed by atoms with van der Waals surface area (Å²) in [5.41, 5.74) is 0.251. The first-order valence-electron chi connectivity index (χ1n) is 8.89. The highest BCUT2D eigenvalue weighted by molar-refractivity contribution is 7.89. The normalized spacial score (nSPS) is 16.2. The molecule has 140 valence electrons. The standard InChI is InChI=1S/C18H27ClN2O3S/c1-4-21(14-8-6-5-7-9-14)18(22)16-12-15(10-11-17(16)19)25(23,24)20-13(2)3/h10-14,20H,4-9H2,1-3H3. The highest BCUT2D eigenvalue weighted by atomic mass is 35.5. The summed E-state index contributed by atoms with van der Waals surface area (Å²) in [6.45, 7) is 6.03. The van der Waals surface area contributed by atoms with Crippen molar-refractivity contribution < 1.29 is 13.2 Å². The summed E-state index contributed by atoms with van der Waals surface area (Å²) in [5, 5.41) is 0.280. The molecule has 1 amide bonds. The van der Waals surface area contributed by atoms with E-state index in [9.17, 15) is 13.2 Å². The largest absolute Gasteiger partial charge is 0.336 e. The zero-order chi connectivity index (χ0) is 18.6. The molecule has 0 bridgehead atoms. The molecule has 7 heteroatoms. The van der Waals surface area contributed by atoms with Gasteiger partial charge in [0.1, 0.15) is 0 Å². The van der Waals surface area contributed by atoms with Crippen LogP contribution in [0.15, 0.2) is 23.1 Å². The average Bonchev–Trinajstić information content (AvgIpc) is 2.55. The van der Waals surface area contributed by atoms with Crippen molar-refractivity contribution in [3.05, 3.63) is 28.8 Å². The zero-order valence-corrected chi connectivity index (χ0v) is 16.7. The molecular weight excluding hydrogens is 360 g/mol. The van der Waals surface area contributed by atoms with Crippen molar-refractivity contribution in [2.75, 3.05) is 6.54 Å². The second kappa shape index (κ2) is 8.52. The molecule has 25 heavy (non-hydrogen) atoms. The Bertz CT molecular complexity index is 713. The van der Waals surface area contributed by atoms with Crippen molar-refractivity contribution in [1.82, 2.24) is 9.62 Å². The lowest BCUT2D eigenvalue weighted by Gasteiger charge is -2.34. The smallest absolute Gasteiger partial charge is 0.255 e. The number of carbonyl (C=O) groups is 1. The van der Waals surface area contributed by atoms with E-state index in [2.05, 4.69) is 4.72 Å². The van der Waals surface area contributed by atoms with Crippen LogP contribution in [0.1, 0.15) is 63.2 Å². The van der Waals surface area contributed by atoms with Gasteiger partial charge in [-0.3, -0.25) is 4.79 Å². The molecule has 1 fully saturated rings. The summed E-state index contributed by atoms with van der Waals surface area (Å²) in [7, 11) is -3.67. The fraction of sp³-hybridized carbons (Fsp3) is 0.611.